The van der Waals surface area contributed by atoms with Crippen molar-refractivity contribution < 1.29 is 14.3 Å². The molecule has 8 nitrogen and oxygen atoms in total. The highest BCUT2D eigenvalue weighted by molar-refractivity contribution is 6.16. The monoisotopic (exact) mass is 401 g/mol. The molecular formula is C22H19N5O3. The van der Waals surface area contributed by atoms with Crippen LogP contribution in [0.15, 0.2) is 61.4 Å². The summed E-state index contributed by atoms with van der Waals surface area (Å²) in [6.45, 7) is 0. The van der Waals surface area contributed by atoms with Gasteiger partial charge in [-0.1, -0.05) is 12.1 Å². The maximum Gasteiger partial charge on any atom is 0.228 e. The Morgan fingerprint density at radius 2 is 2.00 bits per heavy atom. The molecule has 0 saturated heterocycles. The molecule has 4 aromatic rings. The van der Waals surface area contributed by atoms with Crippen molar-refractivity contribution in [2.24, 2.45) is 7.05 Å². The van der Waals surface area contributed by atoms with Crippen LogP contribution >= 0.6 is 0 Å². The summed E-state index contributed by atoms with van der Waals surface area (Å²) in [7, 11) is 3.40. The van der Waals surface area contributed by atoms with E-state index < -0.39 is 0 Å². The van der Waals surface area contributed by atoms with Gasteiger partial charge >= 0.3 is 0 Å². The van der Waals surface area contributed by atoms with E-state index in [1.807, 2.05) is 25.2 Å². The number of hydrogen-bond donors (Lipinski definition) is 1. The number of carbonyl (C=O) groups excluding carboxylic acids is 2. The molecule has 0 unspecified atom stereocenters. The van der Waals surface area contributed by atoms with Crippen LogP contribution in [-0.2, 0) is 18.3 Å². The van der Waals surface area contributed by atoms with Crippen LogP contribution < -0.4 is 10.1 Å². The molecule has 0 aliphatic heterocycles. The quantitative estimate of drug-likeness (QED) is 0.499. The molecule has 3 aromatic heterocycles. The summed E-state index contributed by atoms with van der Waals surface area (Å²) >= 11 is 0. The molecule has 0 spiro atoms. The molecule has 3 heterocycles. The second-order valence-corrected chi connectivity index (χ2v) is 6.78. The molecule has 0 atom stereocenters. The minimum absolute atomic E-state index is 0.177. The molecule has 8 heteroatoms. The van der Waals surface area contributed by atoms with Crippen LogP contribution in [0.3, 0.4) is 0 Å². The van der Waals surface area contributed by atoms with Crippen molar-refractivity contribution in [1.29, 1.82) is 0 Å². The summed E-state index contributed by atoms with van der Waals surface area (Å²) < 4.78 is 6.96. The Labute approximate surface area is 172 Å². The summed E-state index contributed by atoms with van der Waals surface area (Å²) in [5.41, 5.74) is 2.79. The number of aromatic nitrogens is 4. The van der Waals surface area contributed by atoms with Gasteiger partial charge in [-0.3, -0.25) is 14.6 Å². The number of rotatable bonds is 6. The minimum Gasteiger partial charge on any atom is -0.497 e. The van der Waals surface area contributed by atoms with Gasteiger partial charge in [-0.25, -0.2) is 9.97 Å². The van der Waals surface area contributed by atoms with Crippen molar-refractivity contribution in [3.8, 4) is 5.75 Å². The van der Waals surface area contributed by atoms with Gasteiger partial charge in [0.15, 0.2) is 5.78 Å². The van der Waals surface area contributed by atoms with Crippen LogP contribution in [0.4, 0.5) is 5.69 Å². The smallest absolute Gasteiger partial charge is 0.228 e. The first-order valence-corrected chi connectivity index (χ1v) is 9.22. The van der Waals surface area contributed by atoms with Crippen LogP contribution in [-0.4, -0.2) is 38.3 Å². The molecule has 0 bridgehead atoms. The van der Waals surface area contributed by atoms with E-state index in [2.05, 4.69) is 20.3 Å². The van der Waals surface area contributed by atoms with Gasteiger partial charge in [-0.15, -0.1) is 0 Å². The molecule has 30 heavy (non-hydrogen) atoms. The third-order valence-corrected chi connectivity index (χ3v) is 4.67. The van der Waals surface area contributed by atoms with Crippen molar-refractivity contribution in [3.05, 3.63) is 78.1 Å². The average Bonchev–Trinajstić information content (AvgIpc) is 3.10. The third kappa shape index (κ3) is 3.88. The van der Waals surface area contributed by atoms with E-state index in [9.17, 15) is 9.59 Å². The lowest BCUT2D eigenvalue weighted by molar-refractivity contribution is -0.115. The molecule has 1 aromatic carbocycles. The lowest BCUT2D eigenvalue weighted by Crippen LogP contribution is -2.15. The molecule has 0 aliphatic carbocycles. The van der Waals surface area contributed by atoms with E-state index >= 15 is 0 Å². The molecule has 0 radical (unpaired) electrons. The Morgan fingerprint density at radius 1 is 1.13 bits per heavy atom. The fourth-order valence-electron chi connectivity index (χ4n) is 3.26. The Morgan fingerprint density at radius 3 is 2.83 bits per heavy atom. The fraction of sp³-hybridized carbons (Fsp3) is 0.136. The lowest BCUT2D eigenvalue weighted by Gasteiger charge is -2.07. The maximum atomic E-state index is 13.0. The summed E-state index contributed by atoms with van der Waals surface area (Å²) in [6.07, 6.45) is 7.93. The number of hydrogen-bond acceptors (Lipinski definition) is 6. The lowest BCUT2D eigenvalue weighted by atomic mass is 10.1. The number of fused-ring (bicyclic) bond motifs is 1. The number of amides is 1. The standard InChI is InChI=1S/C22H19N5O3/c1-27-12-19(18-11-24-13-25-22(18)27)21(29)15-8-16(10-23-9-15)26-20(28)7-14-4-3-5-17(6-14)30-2/h3-6,8-13H,7H2,1-2H3,(H,26,28). The molecule has 1 N–H and O–H groups in total. The summed E-state index contributed by atoms with van der Waals surface area (Å²) in [4.78, 5) is 37.8. The van der Waals surface area contributed by atoms with Crippen LogP contribution in [0.5, 0.6) is 5.75 Å². The topological polar surface area (TPSA) is 99.0 Å². The number of anilines is 1. The molecule has 150 valence electrons. The van der Waals surface area contributed by atoms with Gasteiger partial charge in [-0.2, -0.15) is 0 Å². The van der Waals surface area contributed by atoms with Gasteiger partial charge in [-0.05, 0) is 23.8 Å². The maximum absolute atomic E-state index is 13.0. The van der Waals surface area contributed by atoms with Gasteiger partial charge in [0.1, 0.15) is 17.7 Å². The van der Waals surface area contributed by atoms with Gasteiger partial charge in [0.2, 0.25) is 5.91 Å². The number of nitrogens with zero attached hydrogens (tertiary/aromatic N) is 4. The van der Waals surface area contributed by atoms with Crippen molar-refractivity contribution in [3.63, 3.8) is 0 Å². The molecule has 0 fully saturated rings. The third-order valence-electron chi connectivity index (χ3n) is 4.67. The first-order chi connectivity index (χ1) is 14.5. The van der Waals surface area contributed by atoms with Crippen LogP contribution in [0.25, 0.3) is 11.0 Å². The van der Waals surface area contributed by atoms with Gasteiger partial charge in [0.25, 0.3) is 0 Å². The largest absolute Gasteiger partial charge is 0.497 e. The normalized spacial score (nSPS) is 10.7. The number of nitrogens with one attached hydrogen (secondary N) is 1. The summed E-state index contributed by atoms with van der Waals surface area (Å²) in [5, 5.41) is 3.46. The zero-order valence-electron chi connectivity index (χ0n) is 16.5. The Kier molecular flexibility index (Phi) is 5.21. The average molecular weight is 401 g/mol. The predicted octanol–water partition coefficient (Wildman–Crippen LogP) is 2.78. The van der Waals surface area contributed by atoms with Crippen LogP contribution in [0, 0.1) is 0 Å². The highest BCUT2D eigenvalue weighted by Gasteiger charge is 2.18. The van der Waals surface area contributed by atoms with Gasteiger partial charge < -0.3 is 14.6 Å². The van der Waals surface area contributed by atoms with E-state index in [4.69, 9.17) is 4.74 Å². The number of benzene rings is 1. The van der Waals surface area contributed by atoms with Crippen LogP contribution in [0.1, 0.15) is 21.5 Å². The van der Waals surface area contributed by atoms with Crippen molar-refractivity contribution in [1.82, 2.24) is 19.5 Å². The zero-order valence-corrected chi connectivity index (χ0v) is 16.5. The second-order valence-electron chi connectivity index (χ2n) is 6.78. The number of pyridine rings is 1. The molecular weight excluding hydrogens is 382 g/mol. The van der Waals surface area contributed by atoms with Crippen molar-refractivity contribution in [2.45, 2.75) is 6.42 Å². The molecule has 1 amide bonds. The van der Waals surface area contributed by atoms with Crippen molar-refractivity contribution >= 4 is 28.4 Å². The highest BCUT2D eigenvalue weighted by Crippen LogP contribution is 2.22. The summed E-state index contributed by atoms with van der Waals surface area (Å²) in [6, 6.07) is 8.92. The number of carbonyl (C=O) groups is 2. The van der Waals surface area contributed by atoms with E-state index in [0.717, 1.165) is 5.56 Å². The Hall–Kier alpha value is -4.07. The zero-order chi connectivity index (χ0) is 21.1. The SMILES string of the molecule is COc1cccc(CC(=O)Nc2cncc(C(=O)c3cn(C)c4ncncc34)c2)c1. The van der Waals surface area contributed by atoms with Crippen LogP contribution in [0.2, 0.25) is 0 Å². The molecule has 0 saturated carbocycles. The summed E-state index contributed by atoms with van der Waals surface area (Å²) in [5.74, 6) is 0.258. The number of ketones is 1. The number of methoxy groups -OCH3 is 1. The van der Waals surface area contributed by atoms with E-state index in [1.165, 1.54) is 18.7 Å². The number of aryl methyl sites for hydroxylation is 1. The van der Waals surface area contributed by atoms with Gasteiger partial charge in [0, 0.05) is 36.6 Å². The Balaban J connectivity index is 1.53. The van der Waals surface area contributed by atoms with Crippen molar-refractivity contribution in [2.75, 3.05) is 12.4 Å². The van der Waals surface area contributed by atoms with E-state index in [0.29, 0.717) is 33.6 Å². The molecule has 4 rings (SSSR count). The second kappa shape index (κ2) is 8.12. The van der Waals surface area contributed by atoms with Gasteiger partial charge in [0.05, 0.1) is 31.0 Å². The van der Waals surface area contributed by atoms with E-state index in [1.54, 1.807) is 36.2 Å². The minimum atomic E-state index is -0.216. The van der Waals surface area contributed by atoms with E-state index in [-0.39, 0.29) is 18.1 Å². The molecule has 0 aliphatic rings. The highest BCUT2D eigenvalue weighted by atomic mass is 16.5. The first-order valence-electron chi connectivity index (χ1n) is 9.22. The number of ether oxygens (including phenoxy) is 1. The first kappa shape index (κ1) is 19.3. The predicted molar refractivity (Wildman–Crippen MR) is 112 cm³/mol. The fourth-order valence-corrected chi connectivity index (χ4v) is 3.26. The Bertz CT molecular complexity index is 1250.